The second-order valence-electron chi connectivity index (χ2n) is 6.93. The zero-order valence-electron chi connectivity index (χ0n) is 15.4. The van der Waals surface area contributed by atoms with Gasteiger partial charge in [-0.2, -0.15) is 0 Å². The van der Waals surface area contributed by atoms with Crippen molar-refractivity contribution in [1.29, 1.82) is 0 Å². The van der Waals surface area contributed by atoms with E-state index in [1.165, 1.54) is 0 Å². The van der Waals surface area contributed by atoms with Crippen molar-refractivity contribution in [3.63, 3.8) is 0 Å². The molecule has 150 valence electrons. The van der Waals surface area contributed by atoms with Crippen LogP contribution in [-0.2, 0) is 4.74 Å². The van der Waals surface area contributed by atoms with Crippen LogP contribution in [0.1, 0.15) is 17.4 Å². The number of rotatable bonds is 5. The maximum atomic E-state index is 10.6. The Balaban J connectivity index is 1.38. The third-order valence-electron chi connectivity index (χ3n) is 5.01. The molecule has 9 heteroatoms. The van der Waals surface area contributed by atoms with Crippen LogP contribution in [0.4, 0.5) is 5.13 Å². The monoisotopic (exact) mass is 446 g/mol. The van der Waals surface area contributed by atoms with Crippen LogP contribution >= 0.6 is 34.3 Å². The van der Waals surface area contributed by atoms with E-state index in [-0.39, 0.29) is 6.04 Å². The molecule has 3 aromatic heterocycles. The van der Waals surface area contributed by atoms with E-state index < -0.39 is 6.10 Å². The van der Waals surface area contributed by atoms with Gasteiger partial charge in [0.1, 0.15) is 0 Å². The maximum Gasteiger partial charge on any atom is 0.214 e. The molecule has 0 aliphatic carbocycles. The lowest BCUT2D eigenvalue weighted by atomic mass is 10.1. The highest BCUT2D eigenvalue weighted by molar-refractivity contribution is 7.20. The van der Waals surface area contributed by atoms with Gasteiger partial charge in [0, 0.05) is 28.4 Å². The van der Waals surface area contributed by atoms with Gasteiger partial charge >= 0.3 is 0 Å². The minimum absolute atomic E-state index is 0.0763. The first kappa shape index (κ1) is 19.0. The van der Waals surface area contributed by atoms with Gasteiger partial charge < -0.3 is 14.7 Å². The van der Waals surface area contributed by atoms with Crippen LogP contribution in [0.3, 0.4) is 0 Å². The Morgan fingerprint density at radius 1 is 1.28 bits per heavy atom. The van der Waals surface area contributed by atoms with Gasteiger partial charge in [0.15, 0.2) is 0 Å². The number of imidazole rings is 1. The molecule has 0 bridgehead atoms. The molecule has 1 aromatic carbocycles. The number of morpholine rings is 1. The number of hydrogen-bond donors (Lipinski definition) is 1. The fraction of sp³-hybridized carbons (Fsp3) is 0.300. The van der Waals surface area contributed by atoms with E-state index in [1.807, 2.05) is 52.5 Å². The maximum absolute atomic E-state index is 10.6. The molecule has 2 atom stereocenters. The quantitative estimate of drug-likeness (QED) is 0.489. The number of fused-ring (bicyclic) bond motifs is 1. The predicted octanol–water partition coefficient (Wildman–Crippen LogP) is 4.50. The molecule has 1 fully saturated rings. The molecule has 1 N–H and O–H groups in total. The van der Waals surface area contributed by atoms with E-state index in [9.17, 15) is 5.11 Å². The summed E-state index contributed by atoms with van der Waals surface area (Å²) in [5.41, 5.74) is 1.88. The lowest BCUT2D eigenvalue weighted by molar-refractivity contribution is 0.0687. The molecular weight excluding hydrogens is 428 g/mol. The Morgan fingerprint density at radius 2 is 2.14 bits per heavy atom. The summed E-state index contributed by atoms with van der Waals surface area (Å²) in [6.07, 6.45) is 2.05. The highest BCUT2D eigenvalue weighted by Crippen LogP contribution is 2.32. The molecule has 29 heavy (non-hydrogen) atoms. The fourth-order valence-corrected chi connectivity index (χ4v) is 5.35. The SMILES string of the molecule is OC(CC1COCCN1c1nn2cc(-c3ccc(Cl)cc3)nc2s1)c1cccs1. The molecule has 1 saturated heterocycles. The summed E-state index contributed by atoms with van der Waals surface area (Å²) in [5, 5.41) is 18.9. The Bertz CT molecular complexity index is 1060. The summed E-state index contributed by atoms with van der Waals surface area (Å²) in [5.74, 6) is 0. The summed E-state index contributed by atoms with van der Waals surface area (Å²) in [7, 11) is 0. The number of halogens is 1. The van der Waals surface area contributed by atoms with Crippen LogP contribution in [-0.4, -0.2) is 45.5 Å². The highest BCUT2D eigenvalue weighted by atomic mass is 35.5. The molecule has 1 aliphatic rings. The van der Waals surface area contributed by atoms with E-state index in [0.29, 0.717) is 24.7 Å². The van der Waals surface area contributed by atoms with E-state index in [2.05, 4.69) is 4.90 Å². The zero-order valence-corrected chi connectivity index (χ0v) is 17.8. The second kappa shape index (κ2) is 8.04. The van der Waals surface area contributed by atoms with E-state index in [1.54, 1.807) is 22.7 Å². The van der Waals surface area contributed by atoms with Gasteiger partial charge in [-0.15, -0.1) is 16.4 Å². The standard InChI is InChI=1S/C20H19ClN4O2S2/c21-14-5-3-13(4-6-14)16-11-25-19(22-16)29-20(23-25)24-7-8-27-12-15(24)10-17(26)18-2-1-9-28-18/h1-6,9,11,15,17,26H,7-8,10,12H2. The van der Waals surface area contributed by atoms with Crippen molar-refractivity contribution in [3.8, 4) is 11.3 Å². The number of aliphatic hydroxyl groups excluding tert-OH is 1. The van der Waals surface area contributed by atoms with Crippen molar-refractivity contribution in [2.45, 2.75) is 18.6 Å². The largest absolute Gasteiger partial charge is 0.387 e. The average molecular weight is 447 g/mol. The number of aliphatic hydroxyl groups is 1. The molecule has 4 aromatic rings. The Hall–Kier alpha value is -1.97. The van der Waals surface area contributed by atoms with Crippen LogP contribution in [0.2, 0.25) is 5.02 Å². The lowest BCUT2D eigenvalue weighted by Gasteiger charge is -2.36. The predicted molar refractivity (Wildman–Crippen MR) is 117 cm³/mol. The second-order valence-corrected chi connectivity index (χ2v) is 9.28. The van der Waals surface area contributed by atoms with Gasteiger partial charge in [0.05, 0.1) is 37.3 Å². The van der Waals surface area contributed by atoms with Crippen molar-refractivity contribution in [3.05, 3.63) is 57.9 Å². The molecule has 6 nitrogen and oxygen atoms in total. The topological polar surface area (TPSA) is 62.9 Å². The van der Waals surface area contributed by atoms with Crippen molar-refractivity contribution < 1.29 is 9.84 Å². The number of benzene rings is 1. The Labute approximate surface area is 181 Å². The van der Waals surface area contributed by atoms with Gasteiger partial charge in [-0.3, -0.25) is 0 Å². The fourth-order valence-electron chi connectivity index (χ4n) is 3.52. The number of hydrogen-bond acceptors (Lipinski definition) is 7. The Morgan fingerprint density at radius 3 is 2.90 bits per heavy atom. The third kappa shape index (κ3) is 3.91. The number of anilines is 1. The minimum Gasteiger partial charge on any atom is -0.387 e. The number of thiophene rings is 1. The molecule has 5 rings (SSSR count). The zero-order chi connectivity index (χ0) is 19.8. The smallest absolute Gasteiger partial charge is 0.214 e. The van der Waals surface area contributed by atoms with Crippen LogP contribution in [0.15, 0.2) is 48.0 Å². The minimum atomic E-state index is -0.496. The van der Waals surface area contributed by atoms with Crippen molar-refractivity contribution in [2.75, 3.05) is 24.7 Å². The summed E-state index contributed by atoms with van der Waals surface area (Å²) in [4.78, 5) is 8.79. The van der Waals surface area contributed by atoms with E-state index in [0.717, 1.165) is 32.8 Å². The molecule has 0 saturated carbocycles. The van der Waals surface area contributed by atoms with Crippen molar-refractivity contribution in [1.82, 2.24) is 14.6 Å². The van der Waals surface area contributed by atoms with Crippen LogP contribution in [0, 0.1) is 0 Å². The Kier molecular flexibility index (Phi) is 5.28. The van der Waals surface area contributed by atoms with Gasteiger partial charge in [-0.05, 0) is 23.6 Å². The first-order valence-corrected chi connectivity index (χ1v) is 11.4. The van der Waals surface area contributed by atoms with E-state index >= 15 is 0 Å². The molecule has 1 aliphatic heterocycles. The number of aromatic nitrogens is 3. The number of ether oxygens (including phenoxy) is 1. The lowest BCUT2D eigenvalue weighted by Crippen LogP contribution is -2.46. The first-order chi connectivity index (χ1) is 14.2. The summed E-state index contributed by atoms with van der Waals surface area (Å²) >= 11 is 9.11. The average Bonchev–Trinajstić information content (AvgIpc) is 3.45. The highest BCUT2D eigenvalue weighted by Gasteiger charge is 2.29. The van der Waals surface area contributed by atoms with Gasteiger partial charge in [-0.25, -0.2) is 9.50 Å². The van der Waals surface area contributed by atoms with E-state index in [4.69, 9.17) is 26.4 Å². The van der Waals surface area contributed by atoms with Crippen LogP contribution in [0.25, 0.3) is 16.2 Å². The van der Waals surface area contributed by atoms with Gasteiger partial charge in [-0.1, -0.05) is 41.1 Å². The third-order valence-corrected chi connectivity index (χ3v) is 7.20. The normalized spacial score (nSPS) is 18.4. The van der Waals surface area contributed by atoms with Crippen molar-refractivity contribution >= 4 is 44.4 Å². The molecule has 4 heterocycles. The molecule has 2 unspecified atom stereocenters. The number of nitrogens with zero attached hydrogens (tertiary/aromatic N) is 4. The van der Waals surface area contributed by atoms with Crippen LogP contribution < -0.4 is 4.90 Å². The molecule has 0 radical (unpaired) electrons. The van der Waals surface area contributed by atoms with Crippen molar-refractivity contribution in [2.24, 2.45) is 0 Å². The first-order valence-electron chi connectivity index (χ1n) is 9.35. The van der Waals surface area contributed by atoms with Gasteiger partial charge in [0.2, 0.25) is 10.1 Å². The molecular formula is C20H19ClN4O2S2. The summed E-state index contributed by atoms with van der Waals surface area (Å²) in [6, 6.07) is 11.7. The summed E-state index contributed by atoms with van der Waals surface area (Å²) in [6.45, 7) is 1.99. The van der Waals surface area contributed by atoms with Gasteiger partial charge in [0.25, 0.3) is 0 Å². The molecule has 0 amide bonds. The van der Waals surface area contributed by atoms with Crippen LogP contribution in [0.5, 0.6) is 0 Å². The molecule has 0 spiro atoms. The summed E-state index contributed by atoms with van der Waals surface area (Å²) < 4.78 is 7.51.